The monoisotopic (exact) mass is 228 g/mol. The molecule has 0 fully saturated rings. The molecule has 0 radical (unpaired) electrons. The topological polar surface area (TPSA) is 24.4 Å². The van der Waals surface area contributed by atoms with Crippen LogP contribution in [0.25, 0.3) is 0 Å². The molecule has 15 heavy (non-hydrogen) atoms. The van der Waals surface area contributed by atoms with Crippen LogP contribution in [0, 0.1) is 5.92 Å². The molecule has 1 N–H and O–H groups in total. The fourth-order valence-electron chi connectivity index (χ4n) is 1.92. The molecule has 0 spiro atoms. The first-order valence-electron chi connectivity index (χ1n) is 6.26. The van der Waals surface area contributed by atoms with Crippen LogP contribution in [0.4, 0.5) is 0 Å². The Morgan fingerprint density at radius 2 is 2.13 bits per heavy atom. The Morgan fingerprint density at radius 1 is 1.40 bits per heavy atom. The average molecular weight is 228 g/mol. The molecule has 0 amide bonds. The van der Waals surface area contributed by atoms with Crippen LogP contribution in [0.3, 0.4) is 0 Å². The van der Waals surface area contributed by atoms with Gasteiger partial charge in [-0.1, -0.05) is 51.8 Å². The number of rotatable bonds is 6. The van der Waals surface area contributed by atoms with Gasteiger partial charge in [-0.05, 0) is 12.3 Å². The number of hydrogen-bond acceptors (Lipinski definition) is 3. The van der Waals surface area contributed by atoms with Crippen molar-refractivity contribution >= 4 is 16.9 Å². The van der Waals surface area contributed by atoms with E-state index in [0.29, 0.717) is 0 Å². The van der Waals surface area contributed by atoms with E-state index in [4.69, 9.17) is 0 Å². The molecule has 0 saturated carbocycles. The van der Waals surface area contributed by atoms with Gasteiger partial charge < -0.3 is 5.32 Å². The quantitative estimate of drug-likeness (QED) is 0.706. The number of nitrogens with one attached hydrogen (secondary N) is 1. The molecular weight excluding hydrogens is 204 g/mol. The smallest absolute Gasteiger partial charge is 0.156 e. The van der Waals surface area contributed by atoms with E-state index >= 15 is 0 Å². The van der Waals surface area contributed by atoms with E-state index in [1.165, 1.54) is 30.9 Å². The van der Waals surface area contributed by atoms with Gasteiger partial charge in [-0.15, -0.1) is 0 Å². The van der Waals surface area contributed by atoms with Crippen molar-refractivity contribution in [1.29, 1.82) is 0 Å². The summed E-state index contributed by atoms with van der Waals surface area (Å²) in [5.41, 5.74) is 0. The first-order valence-corrected chi connectivity index (χ1v) is 7.14. The molecule has 2 nitrogen and oxygen atoms in total. The van der Waals surface area contributed by atoms with Crippen molar-refractivity contribution in [3.8, 4) is 0 Å². The summed E-state index contributed by atoms with van der Waals surface area (Å²) in [6.45, 7) is 8.90. The van der Waals surface area contributed by atoms with Crippen molar-refractivity contribution in [1.82, 2.24) is 5.32 Å². The van der Waals surface area contributed by atoms with Gasteiger partial charge in [0.1, 0.15) is 0 Å². The Labute approximate surface area is 98.3 Å². The zero-order valence-corrected chi connectivity index (χ0v) is 11.1. The second-order valence-electron chi connectivity index (χ2n) is 4.16. The minimum Gasteiger partial charge on any atom is -0.365 e. The van der Waals surface area contributed by atoms with Crippen LogP contribution in [0.5, 0.6) is 0 Å². The molecule has 0 aromatic heterocycles. The van der Waals surface area contributed by atoms with Crippen molar-refractivity contribution < 1.29 is 0 Å². The zero-order valence-electron chi connectivity index (χ0n) is 10.3. The summed E-state index contributed by atoms with van der Waals surface area (Å²) in [6, 6.07) is 0. The molecule has 1 rings (SSSR count). The number of hydrogen-bond donors (Lipinski definition) is 1. The molecule has 1 atom stereocenters. The predicted molar refractivity (Wildman–Crippen MR) is 70.7 cm³/mol. The van der Waals surface area contributed by atoms with Crippen LogP contribution in [-0.4, -0.2) is 23.5 Å². The summed E-state index contributed by atoms with van der Waals surface area (Å²) in [7, 11) is 0. The lowest BCUT2D eigenvalue weighted by atomic mass is 9.99. The SMILES string of the molecule is CCCCNC1=NCC(C(CC)CC)S1. The molecule has 0 bridgehead atoms. The van der Waals surface area contributed by atoms with Gasteiger partial charge in [0.2, 0.25) is 0 Å². The van der Waals surface area contributed by atoms with Crippen LogP contribution in [0.1, 0.15) is 46.5 Å². The maximum absolute atomic E-state index is 4.57. The highest BCUT2D eigenvalue weighted by Crippen LogP contribution is 2.30. The Kier molecular flexibility index (Phi) is 6.15. The average Bonchev–Trinajstić information content (AvgIpc) is 2.69. The fraction of sp³-hybridized carbons (Fsp3) is 0.917. The maximum Gasteiger partial charge on any atom is 0.156 e. The third-order valence-electron chi connectivity index (χ3n) is 3.06. The Balaban J connectivity index is 2.24. The van der Waals surface area contributed by atoms with Crippen molar-refractivity contribution in [2.75, 3.05) is 13.1 Å². The largest absolute Gasteiger partial charge is 0.365 e. The molecule has 1 aliphatic rings. The predicted octanol–water partition coefficient (Wildman–Crippen LogP) is 3.28. The van der Waals surface area contributed by atoms with Gasteiger partial charge in [-0.2, -0.15) is 0 Å². The minimum atomic E-state index is 0.726. The first-order chi connectivity index (χ1) is 7.31. The molecule has 0 aromatic rings. The molecule has 1 aliphatic heterocycles. The van der Waals surface area contributed by atoms with Gasteiger partial charge in [0, 0.05) is 11.8 Å². The highest BCUT2D eigenvalue weighted by Gasteiger charge is 2.25. The number of unbranched alkanes of at least 4 members (excludes halogenated alkanes) is 1. The molecule has 0 aliphatic carbocycles. The summed E-state index contributed by atoms with van der Waals surface area (Å²) in [5, 5.41) is 5.34. The van der Waals surface area contributed by atoms with Crippen molar-refractivity contribution in [3.63, 3.8) is 0 Å². The lowest BCUT2D eigenvalue weighted by Gasteiger charge is -2.18. The van der Waals surface area contributed by atoms with E-state index in [1.54, 1.807) is 0 Å². The normalized spacial score (nSPS) is 20.8. The Bertz CT molecular complexity index is 200. The maximum atomic E-state index is 4.57. The van der Waals surface area contributed by atoms with E-state index in [0.717, 1.165) is 24.3 Å². The van der Waals surface area contributed by atoms with E-state index in [1.807, 2.05) is 11.8 Å². The first kappa shape index (κ1) is 12.9. The molecular formula is C12H24N2S. The van der Waals surface area contributed by atoms with E-state index in [9.17, 15) is 0 Å². The van der Waals surface area contributed by atoms with Gasteiger partial charge in [-0.3, -0.25) is 4.99 Å². The third-order valence-corrected chi connectivity index (χ3v) is 4.39. The van der Waals surface area contributed by atoms with E-state index in [-0.39, 0.29) is 0 Å². The summed E-state index contributed by atoms with van der Waals surface area (Å²) >= 11 is 1.96. The summed E-state index contributed by atoms with van der Waals surface area (Å²) in [5.74, 6) is 0.837. The summed E-state index contributed by atoms with van der Waals surface area (Å²) in [6.07, 6.45) is 5.06. The van der Waals surface area contributed by atoms with Gasteiger partial charge in [0.15, 0.2) is 5.17 Å². The zero-order chi connectivity index (χ0) is 11.1. The van der Waals surface area contributed by atoms with Crippen molar-refractivity contribution in [3.05, 3.63) is 0 Å². The van der Waals surface area contributed by atoms with Gasteiger partial charge in [0.05, 0.1) is 6.54 Å². The fourth-order valence-corrected chi connectivity index (χ4v) is 3.27. The number of nitrogens with zero attached hydrogens (tertiary/aromatic N) is 1. The number of amidine groups is 1. The highest BCUT2D eigenvalue weighted by molar-refractivity contribution is 8.14. The number of aliphatic imine (C=N–C) groups is 1. The van der Waals surface area contributed by atoms with Crippen LogP contribution in [0.2, 0.25) is 0 Å². The summed E-state index contributed by atoms with van der Waals surface area (Å²) in [4.78, 5) is 4.57. The van der Waals surface area contributed by atoms with E-state index in [2.05, 4.69) is 31.1 Å². The lowest BCUT2D eigenvalue weighted by molar-refractivity contribution is 0.479. The van der Waals surface area contributed by atoms with Crippen LogP contribution >= 0.6 is 11.8 Å². The van der Waals surface area contributed by atoms with Gasteiger partial charge in [0.25, 0.3) is 0 Å². The second-order valence-corrected chi connectivity index (χ2v) is 5.39. The highest BCUT2D eigenvalue weighted by atomic mass is 32.2. The van der Waals surface area contributed by atoms with Crippen molar-refractivity contribution in [2.45, 2.75) is 51.7 Å². The van der Waals surface area contributed by atoms with Gasteiger partial charge in [-0.25, -0.2) is 0 Å². The molecule has 1 unspecified atom stereocenters. The number of thioether (sulfide) groups is 1. The van der Waals surface area contributed by atoms with Crippen LogP contribution in [-0.2, 0) is 0 Å². The molecule has 88 valence electrons. The molecule has 0 saturated heterocycles. The third kappa shape index (κ3) is 4.06. The lowest BCUT2D eigenvalue weighted by Crippen LogP contribution is -2.22. The molecule has 1 heterocycles. The van der Waals surface area contributed by atoms with Crippen LogP contribution < -0.4 is 5.32 Å². The standard InChI is InChI=1S/C12H24N2S/c1-4-7-8-13-12-14-9-11(15-12)10(5-2)6-3/h10-11H,4-9H2,1-3H3,(H,13,14). The molecule has 0 aromatic carbocycles. The molecule has 3 heteroatoms. The second kappa shape index (κ2) is 7.15. The van der Waals surface area contributed by atoms with E-state index < -0.39 is 0 Å². The van der Waals surface area contributed by atoms with Gasteiger partial charge >= 0.3 is 0 Å². The minimum absolute atomic E-state index is 0.726. The summed E-state index contributed by atoms with van der Waals surface area (Å²) < 4.78 is 0. The Hall–Kier alpha value is -0.180. The van der Waals surface area contributed by atoms with Crippen LogP contribution in [0.15, 0.2) is 4.99 Å². The van der Waals surface area contributed by atoms with Crippen molar-refractivity contribution in [2.24, 2.45) is 10.9 Å². The Morgan fingerprint density at radius 3 is 2.73 bits per heavy atom.